The quantitative estimate of drug-likeness (QED) is 0.814. The van der Waals surface area contributed by atoms with Crippen molar-refractivity contribution < 1.29 is 13.9 Å². The molecular weight excluding hydrogens is 337 g/mol. The molecule has 1 aromatic carbocycles. The van der Waals surface area contributed by atoms with E-state index in [9.17, 15) is 9.18 Å². The van der Waals surface area contributed by atoms with Crippen LogP contribution >= 0.6 is 15.9 Å². The van der Waals surface area contributed by atoms with E-state index in [1.165, 1.54) is 6.07 Å². The van der Waals surface area contributed by atoms with Gasteiger partial charge in [0.25, 0.3) is 0 Å². The molecule has 116 valence electrons. The fourth-order valence-corrected chi connectivity index (χ4v) is 3.13. The largest absolute Gasteiger partial charge is 0.466 e. The van der Waals surface area contributed by atoms with Gasteiger partial charge >= 0.3 is 5.97 Å². The van der Waals surface area contributed by atoms with Crippen LogP contribution in [0.25, 0.3) is 0 Å². The molecule has 0 heterocycles. The lowest BCUT2D eigenvalue weighted by Gasteiger charge is -2.28. The summed E-state index contributed by atoms with van der Waals surface area (Å²) in [5.41, 5.74) is 0.664. The van der Waals surface area contributed by atoms with Crippen LogP contribution in [0.1, 0.15) is 38.2 Å². The molecule has 0 aromatic heterocycles. The number of esters is 1. The van der Waals surface area contributed by atoms with Gasteiger partial charge in [-0.2, -0.15) is 0 Å². The summed E-state index contributed by atoms with van der Waals surface area (Å²) in [6.45, 7) is 2.79. The molecule has 0 unspecified atom stereocenters. The molecule has 1 aliphatic carbocycles. The van der Waals surface area contributed by atoms with E-state index in [0.29, 0.717) is 24.8 Å². The lowest BCUT2D eigenvalue weighted by molar-refractivity contribution is -0.149. The van der Waals surface area contributed by atoms with Crippen molar-refractivity contribution in [1.82, 2.24) is 5.32 Å². The molecule has 0 spiro atoms. The highest BCUT2D eigenvalue weighted by Gasteiger charge is 2.26. The Labute approximate surface area is 133 Å². The molecule has 1 N–H and O–H groups in total. The fraction of sp³-hybridized carbons (Fsp3) is 0.562. The lowest BCUT2D eigenvalue weighted by Crippen LogP contribution is -2.35. The average molecular weight is 358 g/mol. The Bertz CT molecular complexity index is 487. The molecule has 1 fully saturated rings. The zero-order valence-corrected chi connectivity index (χ0v) is 13.8. The Morgan fingerprint density at radius 3 is 2.76 bits per heavy atom. The number of carbonyl (C=O) groups excluding carboxylic acids is 1. The summed E-state index contributed by atoms with van der Waals surface area (Å²) in [5, 5.41) is 3.38. The minimum Gasteiger partial charge on any atom is -0.466 e. The van der Waals surface area contributed by atoms with Gasteiger partial charge in [-0.1, -0.05) is 15.9 Å². The third kappa shape index (κ3) is 4.78. The first-order valence-corrected chi connectivity index (χ1v) is 8.23. The molecule has 3 nitrogen and oxygen atoms in total. The van der Waals surface area contributed by atoms with E-state index in [1.807, 2.05) is 6.92 Å². The normalized spacial score (nSPS) is 22.0. The topological polar surface area (TPSA) is 38.3 Å². The molecule has 1 aromatic rings. The van der Waals surface area contributed by atoms with Gasteiger partial charge in [-0.05, 0) is 50.8 Å². The van der Waals surface area contributed by atoms with E-state index in [2.05, 4.69) is 21.2 Å². The van der Waals surface area contributed by atoms with E-state index in [1.54, 1.807) is 12.1 Å². The molecule has 21 heavy (non-hydrogen) atoms. The summed E-state index contributed by atoms with van der Waals surface area (Å²) >= 11 is 3.35. The number of hydrogen-bond donors (Lipinski definition) is 1. The Balaban J connectivity index is 1.79. The molecule has 0 saturated heterocycles. The van der Waals surface area contributed by atoms with Crippen LogP contribution in [0.3, 0.4) is 0 Å². The standard InChI is InChI=1S/C16H21BrFNO2/c1-2-21-16(20)11-3-6-14(7-4-11)19-10-12-9-13(17)5-8-15(12)18/h5,8-9,11,14,19H,2-4,6-7,10H2,1H3. The molecular formula is C16H21BrFNO2. The van der Waals surface area contributed by atoms with E-state index < -0.39 is 0 Å². The van der Waals surface area contributed by atoms with Gasteiger partial charge in [0.1, 0.15) is 5.82 Å². The van der Waals surface area contributed by atoms with Gasteiger partial charge in [0, 0.05) is 22.6 Å². The first kappa shape index (κ1) is 16.4. The molecule has 2 rings (SSSR count). The number of benzene rings is 1. The minimum absolute atomic E-state index is 0.0330. The first-order valence-electron chi connectivity index (χ1n) is 7.44. The summed E-state index contributed by atoms with van der Waals surface area (Å²) in [4.78, 5) is 11.7. The molecule has 1 saturated carbocycles. The van der Waals surface area contributed by atoms with E-state index in [4.69, 9.17) is 4.74 Å². The maximum atomic E-state index is 13.7. The van der Waals surface area contributed by atoms with E-state index >= 15 is 0 Å². The third-order valence-corrected chi connectivity index (χ3v) is 4.43. The minimum atomic E-state index is -0.189. The highest BCUT2D eigenvalue weighted by Crippen LogP contribution is 2.26. The predicted octanol–water partition coefficient (Wildman–Crippen LogP) is 3.80. The molecule has 1 aliphatic rings. The maximum Gasteiger partial charge on any atom is 0.308 e. The van der Waals surface area contributed by atoms with Crippen LogP contribution in [0.5, 0.6) is 0 Å². The monoisotopic (exact) mass is 357 g/mol. The maximum absolute atomic E-state index is 13.7. The van der Waals surface area contributed by atoms with Crippen molar-refractivity contribution in [2.24, 2.45) is 5.92 Å². The van der Waals surface area contributed by atoms with Gasteiger partial charge in [0.15, 0.2) is 0 Å². The van der Waals surface area contributed by atoms with Crippen LogP contribution in [-0.2, 0) is 16.1 Å². The molecule has 0 radical (unpaired) electrons. The summed E-state index contributed by atoms with van der Waals surface area (Å²) in [5.74, 6) is -0.231. The van der Waals surface area contributed by atoms with Crippen molar-refractivity contribution in [2.75, 3.05) is 6.61 Å². The van der Waals surface area contributed by atoms with Crippen LogP contribution in [0.15, 0.2) is 22.7 Å². The van der Waals surface area contributed by atoms with Gasteiger partial charge in [0.2, 0.25) is 0 Å². The van der Waals surface area contributed by atoms with Crippen molar-refractivity contribution in [1.29, 1.82) is 0 Å². The second-order valence-electron chi connectivity index (χ2n) is 5.42. The molecule has 0 aliphatic heterocycles. The zero-order valence-electron chi connectivity index (χ0n) is 12.2. The molecule has 0 bridgehead atoms. The molecule has 0 atom stereocenters. The number of carbonyl (C=O) groups is 1. The fourth-order valence-electron chi connectivity index (χ4n) is 2.73. The first-order chi connectivity index (χ1) is 10.1. The lowest BCUT2D eigenvalue weighted by atomic mass is 9.86. The number of hydrogen-bond acceptors (Lipinski definition) is 3. The van der Waals surface area contributed by atoms with E-state index in [0.717, 1.165) is 30.2 Å². The van der Waals surface area contributed by atoms with Crippen molar-refractivity contribution in [2.45, 2.75) is 45.2 Å². The Morgan fingerprint density at radius 2 is 2.10 bits per heavy atom. The Kier molecular flexibility index (Phi) is 6.18. The second kappa shape index (κ2) is 7.90. The Morgan fingerprint density at radius 1 is 1.38 bits per heavy atom. The van der Waals surface area contributed by atoms with Crippen LogP contribution in [-0.4, -0.2) is 18.6 Å². The molecule has 0 amide bonds. The number of halogens is 2. The second-order valence-corrected chi connectivity index (χ2v) is 6.33. The number of nitrogens with one attached hydrogen (secondary N) is 1. The number of ether oxygens (including phenoxy) is 1. The smallest absolute Gasteiger partial charge is 0.308 e. The highest BCUT2D eigenvalue weighted by molar-refractivity contribution is 9.10. The van der Waals surface area contributed by atoms with Crippen LogP contribution < -0.4 is 5.32 Å². The summed E-state index contributed by atoms with van der Waals surface area (Å²) < 4.78 is 19.6. The van der Waals surface area contributed by atoms with Crippen LogP contribution in [0.2, 0.25) is 0 Å². The highest BCUT2D eigenvalue weighted by atomic mass is 79.9. The van der Waals surface area contributed by atoms with Gasteiger partial charge in [-0.3, -0.25) is 4.79 Å². The third-order valence-electron chi connectivity index (χ3n) is 3.94. The van der Waals surface area contributed by atoms with Gasteiger partial charge in [-0.25, -0.2) is 4.39 Å². The van der Waals surface area contributed by atoms with Crippen molar-refractivity contribution in [3.8, 4) is 0 Å². The summed E-state index contributed by atoms with van der Waals surface area (Å²) in [7, 11) is 0. The zero-order chi connectivity index (χ0) is 15.2. The van der Waals surface area contributed by atoms with Crippen molar-refractivity contribution >= 4 is 21.9 Å². The number of rotatable bonds is 5. The molecule has 5 heteroatoms. The van der Waals surface area contributed by atoms with Crippen molar-refractivity contribution in [3.05, 3.63) is 34.1 Å². The summed E-state index contributed by atoms with van der Waals surface area (Å²) in [6.07, 6.45) is 3.55. The van der Waals surface area contributed by atoms with Crippen LogP contribution in [0, 0.1) is 11.7 Å². The Hall–Kier alpha value is -0.940. The average Bonchev–Trinajstić information content (AvgIpc) is 2.49. The van der Waals surface area contributed by atoms with Crippen LogP contribution in [0.4, 0.5) is 4.39 Å². The van der Waals surface area contributed by atoms with Crippen molar-refractivity contribution in [3.63, 3.8) is 0 Å². The SMILES string of the molecule is CCOC(=O)C1CCC(NCc2cc(Br)ccc2F)CC1. The van der Waals surface area contributed by atoms with E-state index in [-0.39, 0.29) is 17.7 Å². The van der Waals surface area contributed by atoms with Gasteiger partial charge in [-0.15, -0.1) is 0 Å². The van der Waals surface area contributed by atoms with Gasteiger partial charge in [0.05, 0.1) is 12.5 Å². The predicted molar refractivity (Wildman–Crippen MR) is 83.3 cm³/mol. The summed E-state index contributed by atoms with van der Waals surface area (Å²) in [6, 6.07) is 5.31. The van der Waals surface area contributed by atoms with Gasteiger partial charge < -0.3 is 10.1 Å².